The molecule has 2 aromatic rings. The molecule has 1 saturated carbocycles. The first kappa shape index (κ1) is 18.5. The first-order valence-electron chi connectivity index (χ1n) is 11.2. The van der Waals surface area contributed by atoms with Crippen LogP contribution in [0.1, 0.15) is 53.9 Å². The van der Waals surface area contributed by atoms with Gasteiger partial charge in [0.1, 0.15) is 12.4 Å². The van der Waals surface area contributed by atoms with E-state index < -0.39 is 0 Å². The summed E-state index contributed by atoms with van der Waals surface area (Å²) >= 11 is 0. The highest BCUT2D eigenvalue weighted by Gasteiger charge is 2.36. The van der Waals surface area contributed by atoms with Gasteiger partial charge < -0.3 is 9.64 Å². The van der Waals surface area contributed by atoms with Gasteiger partial charge in [-0.05, 0) is 60.8 Å². The smallest absolute Gasteiger partial charge is 0.123 e. The molecule has 5 rings (SSSR count). The number of ether oxygens (including phenoxy) is 1. The molecule has 1 aliphatic heterocycles. The first-order valence-corrected chi connectivity index (χ1v) is 11.2. The van der Waals surface area contributed by atoms with Crippen LogP contribution in [-0.4, -0.2) is 18.0 Å². The molecule has 2 aromatic carbocycles. The molecule has 150 valence electrons. The summed E-state index contributed by atoms with van der Waals surface area (Å²) in [4.78, 5) is 2.69. The Morgan fingerprint density at radius 1 is 1.07 bits per heavy atom. The van der Waals surface area contributed by atoms with E-state index >= 15 is 0 Å². The van der Waals surface area contributed by atoms with Gasteiger partial charge >= 0.3 is 0 Å². The first-order chi connectivity index (χ1) is 14.3. The summed E-state index contributed by atoms with van der Waals surface area (Å²) in [7, 11) is 0. The van der Waals surface area contributed by atoms with Crippen LogP contribution < -0.4 is 4.74 Å². The molecule has 29 heavy (non-hydrogen) atoms. The fourth-order valence-electron chi connectivity index (χ4n) is 5.27. The fraction of sp³-hybridized carbons (Fsp3) is 0.407. The van der Waals surface area contributed by atoms with Gasteiger partial charge in [0.25, 0.3) is 0 Å². The number of nitrogens with zero attached hydrogens (tertiary/aromatic N) is 1. The van der Waals surface area contributed by atoms with Crippen LogP contribution in [0.25, 0.3) is 0 Å². The molecule has 0 aromatic heterocycles. The second kappa shape index (κ2) is 8.10. The van der Waals surface area contributed by atoms with E-state index in [0.29, 0.717) is 12.5 Å². The molecular weight excluding hydrogens is 354 g/mol. The largest absolute Gasteiger partial charge is 0.489 e. The molecule has 0 N–H and O–H groups in total. The van der Waals surface area contributed by atoms with Crippen molar-refractivity contribution in [2.75, 3.05) is 13.1 Å². The minimum atomic E-state index is 0.536. The van der Waals surface area contributed by atoms with Crippen LogP contribution in [0.15, 0.2) is 66.9 Å². The molecule has 3 aliphatic rings. The van der Waals surface area contributed by atoms with E-state index in [-0.39, 0.29) is 0 Å². The molecule has 2 heteroatoms. The zero-order valence-electron chi connectivity index (χ0n) is 17.3. The van der Waals surface area contributed by atoms with Crippen LogP contribution in [0.5, 0.6) is 5.75 Å². The summed E-state index contributed by atoms with van der Waals surface area (Å²) in [5.74, 6) is 2.49. The molecular formula is C27H31NO. The number of likely N-dealkylation sites (tertiary alicyclic amines) is 1. The van der Waals surface area contributed by atoms with E-state index in [4.69, 9.17) is 4.74 Å². The van der Waals surface area contributed by atoms with Gasteiger partial charge in [0, 0.05) is 30.3 Å². The molecule has 0 radical (unpaired) electrons. The summed E-state index contributed by atoms with van der Waals surface area (Å²) in [6.07, 6.45) is 12.0. The monoisotopic (exact) mass is 385 g/mol. The lowest BCUT2D eigenvalue weighted by Gasteiger charge is -2.34. The van der Waals surface area contributed by atoms with Gasteiger partial charge in [-0.15, -0.1) is 6.58 Å². The van der Waals surface area contributed by atoms with Crippen LogP contribution in [0, 0.1) is 5.92 Å². The van der Waals surface area contributed by atoms with E-state index in [1.54, 1.807) is 5.70 Å². The highest BCUT2D eigenvalue weighted by molar-refractivity contribution is 5.54. The Kier molecular flexibility index (Phi) is 5.18. The lowest BCUT2D eigenvalue weighted by atomic mass is 9.80. The predicted octanol–water partition coefficient (Wildman–Crippen LogP) is 6.02. The third-order valence-electron chi connectivity index (χ3n) is 6.98. The van der Waals surface area contributed by atoms with Crippen LogP contribution in [0.2, 0.25) is 0 Å². The van der Waals surface area contributed by atoms with Gasteiger partial charge in [-0.3, -0.25) is 0 Å². The van der Waals surface area contributed by atoms with Crippen LogP contribution in [0.4, 0.5) is 0 Å². The summed E-state index contributed by atoms with van der Waals surface area (Å²) in [5, 5.41) is 0. The molecule has 1 heterocycles. The minimum Gasteiger partial charge on any atom is -0.489 e. The van der Waals surface area contributed by atoms with Crippen molar-refractivity contribution in [1.82, 2.24) is 4.90 Å². The zero-order valence-corrected chi connectivity index (χ0v) is 17.3. The SMILES string of the molecule is C=CCc1c(OCc2ccccc2)ccc2c1C1CCN(CC3CCC3)C1=CC2. The molecule has 1 atom stereocenters. The lowest BCUT2D eigenvalue weighted by Crippen LogP contribution is -2.30. The van der Waals surface area contributed by atoms with Crippen molar-refractivity contribution in [1.29, 1.82) is 0 Å². The third-order valence-corrected chi connectivity index (χ3v) is 6.98. The molecule has 2 nitrogen and oxygen atoms in total. The Morgan fingerprint density at radius 3 is 2.69 bits per heavy atom. The standard InChI is InChI=1S/C27H31NO/c1-2-7-24-26(29-19-21-8-4-3-5-9-21)15-13-22-12-14-25-23(27(22)24)16-17-28(25)18-20-10-6-11-20/h2-5,8-9,13-15,20,23H,1,6-7,10-12,16-19H2. The van der Waals surface area contributed by atoms with Crippen LogP contribution >= 0.6 is 0 Å². The summed E-state index contributed by atoms with van der Waals surface area (Å²) < 4.78 is 6.33. The Morgan fingerprint density at radius 2 is 1.93 bits per heavy atom. The fourth-order valence-corrected chi connectivity index (χ4v) is 5.27. The van der Waals surface area contributed by atoms with Gasteiger partial charge in [-0.1, -0.05) is 55.0 Å². The Balaban J connectivity index is 1.42. The van der Waals surface area contributed by atoms with Crippen molar-refractivity contribution in [2.24, 2.45) is 5.92 Å². The summed E-state index contributed by atoms with van der Waals surface area (Å²) in [6, 6.07) is 14.9. The molecule has 0 bridgehead atoms. The van der Waals surface area contributed by atoms with Gasteiger partial charge in [0.15, 0.2) is 0 Å². The van der Waals surface area contributed by atoms with E-state index in [2.05, 4.69) is 60.0 Å². The average molecular weight is 386 g/mol. The maximum absolute atomic E-state index is 6.33. The van der Waals surface area contributed by atoms with Gasteiger partial charge in [0.05, 0.1) is 0 Å². The van der Waals surface area contributed by atoms with Gasteiger partial charge in [-0.25, -0.2) is 0 Å². The molecule has 2 fully saturated rings. The van der Waals surface area contributed by atoms with E-state index in [9.17, 15) is 0 Å². The Bertz CT molecular complexity index is 910. The van der Waals surface area contributed by atoms with Gasteiger partial charge in [0.2, 0.25) is 0 Å². The molecule has 0 amide bonds. The van der Waals surface area contributed by atoms with Crippen LogP contribution in [0.3, 0.4) is 0 Å². The predicted molar refractivity (Wildman–Crippen MR) is 119 cm³/mol. The minimum absolute atomic E-state index is 0.536. The van der Waals surface area contributed by atoms with Crippen molar-refractivity contribution >= 4 is 0 Å². The van der Waals surface area contributed by atoms with Crippen molar-refractivity contribution in [3.63, 3.8) is 0 Å². The van der Waals surface area contributed by atoms with Crippen LogP contribution in [-0.2, 0) is 19.4 Å². The quantitative estimate of drug-likeness (QED) is 0.540. The van der Waals surface area contributed by atoms with Gasteiger partial charge in [-0.2, -0.15) is 0 Å². The number of fused-ring (bicyclic) bond motifs is 3. The number of benzene rings is 2. The molecule has 0 spiro atoms. The second-order valence-electron chi connectivity index (χ2n) is 8.80. The number of rotatable bonds is 7. The topological polar surface area (TPSA) is 12.5 Å². The zero-order chi connectivity index (χ0) is 19.6. The summed E-state index contributed by atoms with van der Waals surface area (Å²) in [5.41, 5.74) is 7.16. The Hall–Kier alpha value is -2.48. The van der Waals surface area contributed by atoms with E-state index in [1.165, 1.54) is 61.0 Å². The normalized spacial score (nSPS) is 20.5. The average Bonchev–Trinajstić information content (AvgIpc) is 3.14. The van der Waals surface area contributed by atoms with E-state index in [0.717, 1.165) is 24.5 Å². The highest BCUT2D eigenvalue weighted by atomic mass is 16.5. The van der Waals surface area contributed by atoms with Crippen molar-refractivity contribution in [3.05, 3.63) is 89.1 Å². The molecule has 2 aliphatic carbocycles. The summed E-state index contributed by atoms with van der Waals surface area (Å²) in [6.45, 7) is 7.12. The third kappa shape index (κ3) is 3.61. The maximum Gasteiger partial charge on any atom is 0.123 e. The number of hydrogen-bond acceptors (Lipinski definition) is 2. The Labute approximate surface area is 174 Å². The molecule has 1 saturated heterocycles. The van der Waals surface area contributed by atoms with E-state index in [1.807, 2.05) is 6.08 Å². The van der Waals surface area contributed by atoms with Crippen molar-refractivity contribution in [3.8, 4) is 5.75 Å². The number of allylic oxidation sites excluding steroid dienone is 3. The number of hydrogen-bond donors (Lipinski definition) is 0. The molecule has 1 unspecified atom stereocenters. The highest BCUT2D eigenvalue weighted by Crippen LogP contribution is 2.46. The second-order valence-corrected chi connectivity index (χ2v) is 8.80. The lowest BCUT2D eigenvalue weighted by molar-refractivity contribution is 0.226. The maximum atomic E-state index is 6.33. The van der Waals surface area contributed by atoms with Crippen molar-refractivity contribution < 1.29 is 4.74 Å². The van der Waals surface area contributed by atoms with Crippen molar-refractivity contribution in [2.45, 2.75) is 51.0 Å².